The van der Waals surface area contributed by atoms with E-state index in [1.807, 2.05) is 0 Å². The lowest BCUT2D eigenvalue weighted by Crippen LogP contribution is -1.95. The van der Waals surface area contributed by atoms with Crippen LogP contribution >= 0.6 is 11.3 Å². The summed E-state index contributed by atoms with van der Waals surface area (Å²) in [6.45, 7) is 0. The predicted molar refractivity (Wildman–Crippen MR) is 79.9 cm³/mol. The molecule has 0 bridgehead atoms. The Bertz CT molecular complexity index is 826. The molecule has 0 fully saturated rings. The van der Waals surface area contributed by atoms with Gasteiger partial charge in [0.1, 0.15) is 21.5 Å². The first-order chi connectivity index (χ1) is 10.6. The number of thiazole rings is 1. The molecule has 0 aliphatic heterocycles. The van der Waals surface area contributed by atoms with E-state index in [1.54, 1.807) is 30.3 Å². The van der Waals surface area contributed by atoms with Gasteiger partial charge < -0.3 is 5.11 Å². The number of nitrogens with zero attached hydrogens (tertiary/aromatic N) is 1. The molecule has 110 valence electrons. The van der Waals surface area contributed by atoms with Gasteiger partial charge in [0.15, 0.2) is 0 Å². The molecule has 0 saturated heterocycles. The molecule has 3 nitrogen and oxygen atoms in total. The van der Waals surface area contributed by atoms with Crippen molar-refractivity contribution in [2.75, 3.05) is 0 Å². The monoisotopic (exact) mass is 317 g/mol. The average Bonchev–Trinajstić information content (AvgIpc) is 2.93. The van der Waals surface area contributed by atoms with Gasteiger partial charge >= 0.3 is 5.97 Å². The molecule has 22 heavy (non-hydrogen) atoms. The van der Waals surface area contributed by atoms with E-state index in [9.17, 15) is 18.7 Å². The lowest BCUT2D eigenvalue weighted by Gasteiger charge is -2.00. The summed E-state index contributed by atoms with van der Waals surface area (Å²) in [7, 11) is 0. The Kier molecular flexibility index (Phi) is 3.68. The first-order valence-electron chi connectivity index (χ1n) is 6.32. The topological polar surface area (TPSA) is 50.2 Å². The molecule has 1 heterocycles. The molecule has 0 amide bonds. The number of rotatable bonds is 3. The highest BCUT2D eigenvalue weighted by Crippen LogP contribution is 2.36. The molecule has 3 aromatic rings. The van der Waals surface area contributed by atoms with Crippen LogP contribution in [0.2, 0.25) is 0 Å². The lowest BCUT2D eigenvalue weighted by atomic mass is 10.1. The largest absolute Gasteiger partial charge is 0.477 e. The summed E-state index contributed by atoms with van der Waals surface area (Å²) in [5.41, 5.74) is 0.479. The number of hydrogen-bond acceptors (Lipinski definition) is 3. The second-order valence-corrected chi connectivity index (χ2v) is 5.46. The standard InChI is InChI=1S/C16H9F2NO2S/c17-10-7-4-8-11(18)12(10)15-19-13(14(22-15)16(20)21)9-5-2-1-3-6-9/h1-8H,(H,20,21). The van der Waals surface area contributed by atoms with Gasteiger partial charge in [-0.05, 0) is 12.1 Å². The smallest absolute Gasteiger partial charge is 0.348 e. The molecule has 6 heteroatoms. The zero-order valence-electron chi connectivity index (χ0n) is 11.1. The fourth-order valence-corrected chi connectivity index (χ4v) is 3.04. The van der Waals surface area contributed by atoms with Crippen LogP contribution in [-0.2, 0) is 0 Å². The summed E-state index contributed by atoms with van der Waals surface area (Å²) < 4.78 is 27.7. The highest BCUT2D eigenvalue weighted by Gasteiger charge is 2.22. The summed E-state index contributed by atoms with van der Waals surface area (Å²) in [5, 5.41) is 9.32. The Morgan fingerprint density at radius 1 is 1.00 bits per heavy atom. The van der Waals surface area contributed by atoms with Crippen LogP contribution in [0.15, 0.2) is 48.5 Å². The molecular formula is C16H9F2NO2S. The molecular weight excluding hydrogens is 308 g/mol. The van der Waals surface area contributed by atoms with Gasteiger partial charge in [-0.2, -0.15) is 0 Å². The number of hydrogen-bond donors (Lipinski definition) is 1. The lowest BCUT2D eigenvalue weighted by molar-refractivity contribution is 0.0702. The highest BCUT2D eigenvalue weighted by atomic mass is 32.1. The second-order valence-electron chi connectivity index (χ2n) is 4.46. The van der Waals surface area contributed by atoms with Crippen LogP contribution in [0.1, 0.15) is 9.67 Å². The van der Waals surface area contributed by atoms with Crippen LogP contribution in [0.3, 0.4) is 0 Å². The minimum absolute atomic E-state index is 0.00635. The molecule has 0 spiro atoms. The van der Waals surface area contributed by atoms with Crippen molar-refractivity contribution >= 4 is 17.3 Å². The SMILES string of the molecule is O=C(O)c1sc(-c2c(F)cccc2F)nc1-c1ccccc1. The molecule has 0 aliphatic rings. The van der Waals surface area contributed by atoms with Gasteiger partial charge in [-0.15, -0.1) is 11.3 Å². The number of carboxylic acids is 1. The van der Waals surface area contributed by atoms with Gasteiger partial charge in [-0.3, -0.25) is 0 Å². The summed E-state index contributed by atoms with van der Waals surface area (Å²) >= 11 is 0.753. The van der Waals surface area contributed by atoms with E-state index in [-0.39, 0.29) is 21.1 Å². The Morgan fingerprint density at radius 2 is 1.64 bits per heavy atom. The van der Waals surface area contributed by atoms with Crippen molar-refractivity contribution in [3.8, 4) is 21.8 Å². The van der Waals surface area contributed by atoms with Gasteiger partial charge in [0.05, 0.1) is 11.3 Å². The third-order valence-corrected chi connectivity index (χ3v) is 4.11. The summed E-state index contributed by atoms with van der Waals surface area (Å²) in [4.78, 5) is 15.5. The minimum Gasteiger partial charge on any atom is -0.477 e. The summed E-state index contributed by atoms with van der Waals surface area (Å²) in [5.74, 6) is -2.73. The molecule has 0 unspecified atom stereocenters. The normalized spacial score (nSPS) is 10.6. The van der Waals surface area contributed by atoms with Crippen LogP contribution < -0.4 is 0 Å². The van der Waals surface area contributed by atoms with E-state index >= 15 is 0 Å². The third kappa shape index (κ3) is 2.48. The van der Waals surface area contributed by atoms with Gasteiger partial charge in [0.2, 0.25) is 0 Å². The number of carboxylic acid groups (broad SMARTS) is 1. The Hall–Kier alpha value is -2.60. The van der Waals surface area contributed by atoms with Crippen molar-refractivity contribution in [2.24, 2.45) is 0 Å². The number of carbonyl (C=O) groups is 1. The number of aromatic nitrogens is 1. The number of halogens is 2. The van der Waals surface area contributed by atoms with Crippen LogP contribution in [0.25, 0.3) is 21.8 Å². The molecule has 1 N–H and O–H groups in total. The predicted octanol–water partition coefficient (Wildman–Crippen LogP) is 4.45. The maximum absolute atomic E-state index is 13.9. The molecule has 0 atom stereocenters. The van der Waals surface area contributed by atoms with Gasteiger partial charge in [0, 0.05) is 5.56 Å². The maximum Gasteiger partial charge on any atom is 0.348 e. The van der Waals surface area contributed by atoms with Crippen LogP contribution in [-0.4, -0.2) is 16.1 Å². The van der Waals surface area contributed by atoms with Crippen molar-refractivity contribution < 1.29 is 18.7 Å². The second kappa shape index (κ2) is 5.65. The van der Waals surface area contributed by atoms with Crippen molar-refractivity contribution in [3.63, 3.8) is 0 Å². The maximum atomic E-state index is 13.9. The van der Waals surface area contributed by atoms with E-state index in [4.69, 9.17) is 0 Å². The van der Waals surface area contributed by atoms with Gasteiger partial charge in [-0.25, -0.2) is 18.6 Å². The summed E-state index contributed by atoms with van der Waals surface area (Å²) in [6.07, 6.45) is 0. The molecule has 2 aromatic carbocycles. The Morgan fingerprint density at radius 3 is 2.23 bits per heavy atom. The molecule has 0 aliphatic carbocycles. The van der Waals surface area contributed by atoms with Crippen LogP contribution in [0.5, 0.6) is 0 Å². The van der Waals surface area contributed by atoms with E-state index in [2.05, 4.69) is 4.98 Å². The zero-order valence-corrected chi connectivity index (χ0v) is 11.9. The fraction of sp³-hybridized carbons (Fsp3) is 0. The Balaban J connectivity index is 2.22. The quantitative estimate of drug-likeness (QED) is 0.776. The van der Waals surface area contributed by atoms with Crippen molar-refractivity contribution in [2.45, 2.75) is 0 Å². The molecule has 0 radical (unpaired) electrons. The van der Waals surface area contributed by atoms with E-state index in [1.165, 1.54) is 6.07 Å². The average molecular weight is 317 g/mol. The van der Waals surface area contributed by atoms with E-state index < -0.39 is 17.6 Å². The van der Waals surface area contributed by atoms with Gasteiger partial charge in [0.25, 0.3) is 0 Å². The first kappa shape index (κ1) is 14.3. The summed E-state index contributed by atoms with van der Waals surface area (Å²) in [6, 6.07) is 12.1. The van der Waals surface area contributed by atoms with Crippen molar-refractivity contribution in [1.29, 1.82) is 0 Å². The van der Waals surface area contributed by atoms with E-state index in [0.29, 0.717) is 5.56 Å². The highest BCUT2D eigenvalue weighted by molar-refractivity contribution is 7.17. The number of benzene rings is 2. The molecule has 3 rings (SSSR count). The van der Waals surface area contributed by atoms with Crippen LogP contribution in [0, 0.1) is 11.6 Å². The third-order valence-electron chi connectivity index (χ3n) is 3.05. The van der Waals surface area contributed by atoms with Gasteiger partial charge in [-0.1, -0.05) is 36.4 Å². The van der Waals surface area contributed by atoms with Crippen LogP contribution in [0.4, 0.5) is 8.78 Å². The van der Waals surface area contributed by atoms with Crippen molar-refractivity contribution in [3.05, 3.63) is 65.0 Å². The van der Waals surface area contributed by atoms with Crippen molar-refractivity contribution in [1.82, 2.24) is 4.98 Å². The number of aromatic carboxylic acids is 1. The zero-order chi connectivity index (χ0) is 15.7. The molecule has 0 saturated carbocycles. The Labute approximate surface area is 128 Å². The molecule has 1 aromatic heterocycles. The minimum atomic E-state index is -1.18. The van der Waals surface area contributed by atoms with E-state index in [0.717, 1.165) is 23.5 Å². The first-order valence-corrected chi connectivity index (χ1v) is 7.13. The fourth-order valence-electron chi connectivity index (χ4n) is 2.07.